The van der Waals surface area contributed by atoms with Crippen LogP contribution in [0.2, 0.25) is 0 Å². The number of aryl methyl sites for hydroxylation is 1. The molecular weight excluding hydrogens is 308 g/mol. The van der Waals surface area contributed by atoms with Gasteiger partial charge in [0.2, 0.25) is 0 Å². The van der Waals surface area contributed by atoms with Crippen LogP contribution in [-0.2, 0) is 9.31 Å². The van der Waals surface area contributed by atoms with Gasteiger partial charge in [-0.05, 0) is 52.8 Å². The first-order valence-corrected chi connectivity index (χ1v) is 7.89. The van der Waals surface area contributed by atoms with Crippen LogP contribution >= 0.6 is 0 Å². The molecule has 0 bridgehead atoms. The Labute approximate surface area is 141 Å². The van der Waals surface area contributed by atoms with Gasteiger partial charge in [-0.25, -0.2) is 4.39 Å². The topological polar surface area (TPSA) is 60.0 Å². The molecule has 1 fully saturated rings. The van der Waals surface area contributed by atoms with Crippen molar-refractivity contribution >= 4 is 13.2 Å². The smallest absolute Gasteiger partial charge is 0.398 e. The zero-order valence-electron chi connectivity index (χ0n) is 14.6. The van der Waals surface area contributed by atoms with E-state index in [0.717, 1.165) is 11.3 Å². The van der Waals surface area contributed by atoms with E-state index in [1.54, 1.807) is 12.4 Å². The van der Waals surface area contributed by atoms with Crippen LogP contribution in [0.3, 0.4) is 0 Å². The molecule has 0 aliphatic carbocycles. The Balaban J connectivity index is 1.94. The molecule has 0 spiro atoms. The molecule has 1 saturated heterocycles. The maximum Gasteiger partial charge on any atom is 0.525 e. The molecule has 7 heteroatoms. The first-order chi connectivity index (χ1) is 11.2. The number of H-pyrrole nitrogens is 1. The molecule has 3 rings (SSSR count). The lowest BCUT2D eigenvalue weighted by molar-refractivity contribution is 0.00578. The molecule has 0 amide bonds. The summed E-state index contributed by atoms with van der Waals surface area (Å²) in [5.41, 5.74) is 1.24. The molecule has 1 aliphatic heterocycles. The molecule has 0 aromatic carbocycles. The highest BCUT2D eigenvalue weighted by Crippen LogP contribution is 2.39. The van der Waals surface area contributed by atoms with E-state index >= 15 is 0 Å². The van der Waals surface area contributed by atoms with Gasteiger partial charge in [0.1, 0.15) is 11.4 Å². The van der Waals surface area contributed by atoms with Gasteiger partial charge >= 0.3 is 7.12 Å². The molecule has 0 atom stereocenters. The van der Waals surface area contributed by atoms with Crippen molar-refractivity contribution < 1.29 is 13.7 Å². The SMILES string of the molecule is Cc1[nH]nc(-c2cccnc2)c1C=C(F)B1OC(C)(C)C(C)(C)O1. The number of halogens is 1. The van der Waals surface area contributed by atoms with Gasteiger partial charge < -0.3 is 9.31 Å². The van der Waals surface area contributed by atoms with E-state index in [2.05, 4.69) is 15.2 Å². The highest BCUT2D eigenvalue weighted by atomic mass is 19.1. The van der Waals surface area contributed by atoms with Gasteiger partial charge in [-0.1, -0.05) is 0 Å². The fraction of sp³-hybridized carbons (Fsp3) is 0.412. The molecule has 1 aliphatic rings. The van der Waals surface area contributed by atoms with Crippen LogP contribution in [0.1, 0.15) is 39.0 Å². The third-order valence-corrected chi connectivity index (χ3v) is 4.69. The molecular formula is C17H21BFN3O2. The zero-order valence-corrected chi connectivity index (χ0v) is 14.6. The van der Waals surface area contributed by atoms with Crippen molar-refractivity contribution in [3.05, 3.63) is 41.5 Å². The molecule has 3 heterocycles. The predicted octanol–water partition coefficient (Wildman–Crippen LogP) is 3.72. The van der Waals surface area contributed by atoms with Gasteiger partial charge in [0.25, 0.3) is 0 Å². The summed E-state index contributed by atoms with van der Waals surface area (Å²) in [6.45, 7) is 9.42. The Morgan fingerprint density at radius 1 is 1.25 bits per heavy atom. The van der Waals surface area contributed by atoms with Crippen LogP contribution in [-0.4, -0.2) is 33.5 Å². The van der Waals surface area contributed by atoms with Gasteiger partial charge in [-0.15, -0.1) is 0 Å². The van der Waals surface area contributed by atoms with Gasteiger partial charge in [-0.2, -0.15) is 5.10 Å². The Bertz CT molecular complexity index is 755. The van der Waals surface area contributed by atoms with Crippen LogP contribution in [0.15, 0.2) is 30.3 Å². The minimum atomic E-state index is -1.02. The second kappa shape index (κ2) is 5.83. The predicted molar refractivity (Wildman–Crippen MR) is 91.7 cm³/mol. The summed E-state index contributed by atoms with van der Waals surface area (Å²) in [4.78, 5) is 4.09. The molecule has 5 nitrogen and oxygen atoms in total. The Morgan fingerprint density at radius 3 is 2.50 bits per heavy atom. The standard InChI is InChI=1S/C17H21BFN3O2/c1-11-13(15(22-21-11)12-7-6-8-20-10-12)9-14(19)18-23-16(2,3)17(4,5)24-18/h6-10H,1-5H3,(H,21,22). The number of nitrogens with zero attached hydrogens (tertiary/aromatic N) is 2. The summed E-state index contributed by atoms with van der Waals surface area (Å²) in [5, 5.41) is 7.16. The first-order valence-electron chi connectivity index (χ1n) is 7.89. The maximum atomic E-state index is 14.8. The minimum Gasteiger partial charge on any atom is -0.398 e. The lowest BCUT2D eigenvalue weighted by atomic mass is 9.86. The van der Waals surface area contributed by atoms with Crippen LogP contribution in [0, 0.1) is 6.92 Å². The van der Waals surface area contributed by atoms with Gasteiger partial charge in [0, 0.05) is 29.2 Å². The summed E-state index contributed by atoms with van der Waals surface area (Å²) in [6, 6.07) is 3.70. The van der Waals surface area contributed by atoms with Crippen LogP contribution in [0.5, 0.6) is 0 Å². The van der Waals surface area contributed by atoms with Gasteiger partial charge in [0.05, 0.1) is 11.2 Å². The van der Waals surface area contributed by atoms with Crippen molar-refractivity contribution in [2.75, 3.05) is 0 Å². The highest BCUT2D eigenvalue weighted by molar-refractivity contribution is 6.54. The zero-order chi connectivity index (χ0) is 17.5. The Morgan fingerprint density at radius 2 is 1.92 bits per heavy atom. The molecule has 24 heavy (non-hydrogen) atoms. The largest absolute Gasteiger partial charge is 0.525 e. The van der Waals surface area contributed by atoms with Crippen molar-refractivity contribution in [2.24, 2.45) is 0 Å². The molecule has 0 unspecified atom stereocenters. The van der Waals surface area contributed by atoms with Crippen LogP contribution < -0.4 is 0 Å². The van der Waals surface area contributed by atoms with Gasteiger partial charge in [-0.3, -0.25) is 10.1 Å². The van der Waals surface area contributed by atoms with Crippen molar-refractivity contribution in [1.82, 2.24) is 15.2 Å². The second-order valence-corrected chi connectivity index (χ2v) is 6.97. The van der Waals surface area contributed by atoms with Crippen molar-refractivity contribution in [3.63, 3.8) is 0 Å². The summed E-state index contributed by atoms with van der Waals surface area (Å²) in [6.07, 6.45) is 4.80. The van der Waals surface area contributed by atoms with E-state index in [9.17, 15) is 4.39 Å². The average Bonchev–Trinajstić information content (AvgIpc) is 2.98. The lowest BCUT2D eigenvalue weighted by Crippen LogP contribution is -2.41. The van der Waals surface area contributed by atoms with Crippen LogP contribution in [0.25, 0.3) is 17.3 Å². The average molecular weight is 329 g/mol. The number of hydrogen-bond acceptors (Lipinski definition) is 4. The number of aromatic amines is 1. The summed E-state index contributed by atoms with van der Waals surface area (Å²) in [7, 11) is -1.02. The van der Waals surface area contributed by atoms with Crippen molar-refractivity contribution in [2.45, 2.75) is 45.8 Å². The Hall–Kier alpha value is -1.99. The normalized spacial score (nSPS) is 19.8. The third kappa shape index (κ3) is 2.89. The van der Waals surface area contributed by atoms with E-state index in [0.29, 0.717) is 11.3 Å². The summed E-state index contributed by atoms with van der Waals surface area (Å²) >= 11 is 0. The number of nitrogens with one attached hydrogen (secondary N) is 1. The monoisotopic (exact) mass is 329 g/mol. The van der Waals surface area contributed by atoms with E-state index in [4.69, 9.17) is 9.31 Å². The summed E-state index contributed by atoms with van der Waals surface area (Å²) < 4.78 is 26.3. The van der Waals surface area contributed by atoms with Crippen LogP contribution in [0.4, 0.5) is 4.39 Å². The molecule has 0 saturated carbocycles. The molecule has 126 valence electrons. The third-order valence-electron chi connectivity index (χ3n) is 4.69. The van der Waals surface area contributed by atoms with E-state index in [-0.39, 0.29) is 0 Å². The quantitative estimate of drug-likeness (QED) is 0.872. The number of hydrogen-bond donors (Lipinski definition) is 1. The lowest BCUT2D eigenvalue weighted by Gasteiger charge is -2.32. The fourth-order valence-electron chi connectivity index (χ4n) is 2.50. The van der Waals surface area contributed by atoms with Crippen molar-refractivity contribution in [1.29, 1.82) is 0 Å². The van der Waals surface area contributed by atoms with E-state index in [1.165, 1.54) is 6.08 Å². The molecule has 0 radical (unpaired) electrons. The first kappa shape index (κ1) is 16.9. The highest BCUT2D eigenvalue weighted by Gasteiger charge is 2.53. The number of rotatable bonds is 3. The summed E-state index contributed by atoms with van der Waals surface area (Å²) in [5.74, 6) is 0. The Kier molecular flexibility index (Phi) is 4.09. The minimum absolute atomic E-state index is 0.483. The molecule has 1 N–H and O–H groups in total. The fourth-order valence-corrected chi connectivity index (χ4v) is 2.50. The number of pyridine rings is 1. The van der Waals surface area contributed by atoms with E-state index < -0.39 is 24.0 Å². The van der Waals surface area contributed by atoms with Crippen molar-refractivity contribution in [3.8, 4) is 11.3 Å². The van der Waals surface area contributed by atoms with E-state index in [1.807, 2.05) is 46.8 Å². The molecule has 2 aromatic heterocycles. The maximum absolute atomic E-state index is 14.8. The second-order valence-electron chi connectivity index (χ2n) is 6.97. The van der Waals surface area contributed by atoms with Gasteiger partial charge in [0.15, 0.2) is 0 Å². The molecule has 2 aromatic rings. The number of aromatic nitrogens is 3.